The van der Waals surface area contributed by atoms with Crippen LogP contribution in [-0.2, 0) is 11.8 Å². The van der Waals surface area contributed by atoms with Crippen LogP contribution >= 0.6 is 0 Å². The minimum Gasteiger partial charge on any atom is -0.504 e. The summed E-state index contributed by atoms with van der Waals surface area (Å²) in [5, 5.41) is 29.1. The first-order valence-electron chi connectivity index (χ1n) is 9.97. The molecule has 0 aliphatic carbocycles. The fourth-order valence-corrected chi connectivity index (χ4v) is 3.84. The number of aromatic hydroxyl groups is 2. The van der Waals surface area contributed by atoms with Crippen molar-refractivity contribution in [1.82, 2.24) is 4.90 Å². The van der Waals surface area contributed by atoms with E-state index in [4.69, 9.17) is 0 Å². The van der Waals surface area contributed by atoms with Crippen LogP contribution in [-0.4, -0.2) is 35.3 Å². The fraction of sp³-hybridized carbons (Fsp3) is 0.458. The molecule has 0 saturated carbocycles. The molecule has 0 fully saturated rings. The molecule has 2 aromatic rings. The summed E-state index contributed by atoms with van der Waals surface area (Å²) >= 11 is 0. The van der Waals surface area contributed by atoms with Crippen LogP contribution < -0.4 is 0 Å². The normalized spacial score (nSPS) is 13.5. The van der Waals surface area contributed by atoms with Gasteiger partial charge < -0.3 is 15.1 Å². The van der Waals surface area contributed by atoms with Crippen LogP contribution in [0.15, 0.2) is 42.5 Å². The highest BCUT2D eigenvalue weighted by Gasteiger charge is 2.36. The molecule has 0 bridgehead atoms. The number of hydrogen-bond donors (Lipinski definition) is 2. The van der Waals surface area contributed by atoms with Crippen molar-refractivity contribution in [2.75, 3.05) is 20.1 Å². The molecule has 2 aromatic carbocycles. The summed E-state index contributed by atoms with van der Waals surface area (Å²) in [6, 6.07) is 15.8. The van der Waals surface area contributed by atoms with Crippen LogP contribution in [0.2, 0.25) is 0 Å². The Morgan fingerprint density at radius 2 is 1.79 bits per heavy atom. The minimum atomic E-state index is -0.463. The van der Waals surface area contributed by atoms with E-state index in [1.165, 1.54) is 11.6 Å². The summed E-state index contributed by atoms with van der Waals surface area (Å²) in [5.74, 6) is 0.0767. The Morgan fingerprint density at radius 3 is 2.39 bits per heavy atom. The quantitative estimate of drug-likeness (QED) is 0.615. The molecule has 0 heterocycles. The molecule has 1 unspecified atom stereocenters. The summed E-state index contributed by atoms with van der Waals surface area (Å²) < 4.78 is 0. The van der Waals surface area contributed by atoms with Gasteiger partial charge in [-0.1, -0.05) is 44.2 Å². The maximum absolute atomic E-state index is 10.1. The van der Waals surface area contributed by atoms with E-state index >= 15 is 0 Å². The van der Waals surface area contributed by atoms with Gasteiger partial charge in [-0.25, -0.2) is 0 Å². The monoisotopic (exact) mass is 380 g/mol. The predicted octanol–water partition coefficient (Wildman–Crippen LogP) is 4.78. The van der Waals surface area contributed by atoms with Crippen molar-refractivity contribution in [3.8, 4) is 17.6 Å². The SMILES string of the molecule is Cc1ccccc1C(C#N)(CCCN(C)CCc1ccc(O)c(O)c1)C(C)C. The lowest BCUT2D eigenvalue weighted by Gasteiger charge is -2.33. The third-order valence-electron chi connectivity index (χ3n) is 5.74. The average molecular weight is 381 g/mol. The van der Waals surface area contributed by atoms with E-state index < -0.39 is 5.41 Å². The molecular formula is C24H32N2O2. The van der Waals surface area contributed by atoms with E-state index in [1.54, 1.807) is 6.07 Å². The fourth-order valence-electron chi connectivity index (χ4n) is 3.84. The Morgan fingerprint density at radius 1 is 1.07 bits per heavy atom. The Bertz CT molecular complexity index is 826. The van der Waals surface area contributed by atoms with Gasteiger partial charge in [-0.05, 0) is 74.5 Å². The standard InChI is InChI=1S/C24H32N2O2/c1-18(2)24(17-25,21-9-6-5-8-19(21)3)13-7-14-26(4)15-12-20-10-11-22(27)23(28)16-20/h5-6,8-11,16,18,27-28H,7,12-15H2,1-4H3. The summed E-state index contributed by atoms with van der Waals surface area (Å²) in [6.45, 7) is 8.12. The van der Waals surface area contributed by atoms with Gasteiger partial charge in [0.1, 0.15) is 0 Å². The van der Waals surface area contributed by atoms with Gasteiger partial charge in [-0.2, -0.15) is 5.26 Å². The molecule has 28 heavy (non-hydrogen) atoms. The molecule has 0 amide bonds. The van der Waals surface area contributed by atoms with Crippen LogP contribution in [0, 0.1) is 24.2 Å². The highest BCUT2D eigenvalue weighted by atomic mass is 16.3. The van der Waals surface area contributed by atoms with E-state index in [0.29, 0.717) is 0 Å². The molecule has 0 aromatic heterocycles. The highest BCUT2D eigenvalue weighted by Crippen LogP contribution is 2.38. The number of phenolic OH excluding ortho intramolecular Hbond substituents is 2. The average Bonchev–Trinajstić information content (AvgIpc) is 2.67. The third kappa shape index (κ3) is 5.05. The smallest absolute Gasteiger partial charge is 0.157 e. The molecule has 4 nitrogen and oxygen atoms in total. The van der Waals surface area contributed by atoms with E-state index in [2.05, 4.69) is 50.9 Å². The molecular weight excluding hydrogens is 348 g/mol. The third-order valence-corrected chi connectivity index (χ3v) is 5.74. The number of hydrogen-bond acceptors (Lipinski definition) is 4. The van der Waals surface area contributed by atoms with Crippen molar-refractivity contribution in [2.24, 2.45) is 5.92 Å². The van der Waals surface area contributed by atoms with Gasteiger partial charge in [0.05, 0.1) is 11.5 Å². The van der Waals surface area contributed by atoms with Crippen LogP contribution in [0.1, 0.15) is 43.4 Å². The molecule has 1 atom stereocenters. The molecule has 0 radical (unpaired) electrons. The largest absolute Gasteiger partial charge is 0.504 e. The van der Waals surface area contributed by atoms with Crippen molar-refractivity contribution in [3.05, 3.63) is 59.2 Å². The molecule has 2 N–H and O–H groups in total. The molecule has 150 valence electrons. The Hall–Kier alpha value is -2.51. The highest BCUT2D eigenvalue weighted by molar-refractivity contribution is 5.41. The number of nitrogens with zero attached hydrogens (tertiary/aromatic N) is 2. The van der Waals surface area contributed by atoms with Gasteiger partial charge in [-0.15, -0.1) is 0 Å². The number of phenols is 2. The van der Waals surface area contributed by atoms with E-state index in [-0.39, 0.29) is 17.4 Å². The van der Waals surface area contributed by atoms with Crippen LogP contribution in [0.5, 0.6) is 11.5 Å². The molecule has 0 aliphatic heterocycles. The number of aryl methyl sites for hydroxylation is 1. The Balaban J connectivity index is 1.96. The lowest BCUT2D eigenvalue weighted by molar-refractivity contribution is 0.293. The minimum absolute atomic E-state index is 0.0749. The maximum atomic E-state index is 10.1. The summed E-state index contributed by atoms with van der Waals surface area (Å²) in [6.07, 6.45) is 2.57. The van der Waals surface area contributed by atoms with Crippen LogP contribution in [0.25, 0.3) is 0 Å². The van der Waals surface area contributed by atoms with Gasteiger partial charge >= 0.3 is 0 Å². The summed E-state index contributed by atoms with van der Waals surface area (Å²) in [5.41, 5.74) is 2.86. The summed E-state index contributed by atoms with van der Waals surface area (Å²) in [7, 11) is 2.08. The van der Waals surface area contributed by atoms with Gasteiger partial charge in [-0.3, -0.25) is 0 Å². The van der Waals surface area contributed by atoms with Crippen LogP contribution in [0.4, 0.5) is 0 Å². The lowest BCUT2D eigenvalue weighted by atomic mass is 9.68. The van der Waals surface area contributed by atoms with Gasteiger partial charge in [0.15, 0.2) is 11.5 Å². The molecule has 4 heteroatoms. The van der Waals surface area contributed by atoms with Gasteiger partial charge in [0, 0.05) is 6.54 Å². The van der Waals surface area contributed by atoms with Crippen molar-refractivity contribution in [1.29, 1.82) is 5.26 Å². The maximum Gasteiger partial charge on any atom is 0.157 e. The summed E-state index contributed by atoms with van der Waals surface area (Å²) in [4.78, 5) is 2.25. The second-order valence-electron chi connectivity index (χ2n) is 8.03. The zero-order valence-corrected chi connectivity index (χ0v) is 17.4. The predicted molar refractivity (Wildman–Crippen MR) is 114 cm³/mol. The zero-order valence-electron chi connectivity index (χ0n) is 17.4. The number of benzene rings is 2. The molecule has 0 saturated heterocycles. The lowest BCUT2D eigenvalue weighted by Crippen LogP contribution is -2.33. The second kappa shape index (κ2) is 9.61. The Labute approximate surface area is 169 Å². The second-order valence-corrected chi connectivity index (χ2v) is 8.03. The molecule has 2 rings (SSSR count). The zero-order chi connectivity index (χ0) is 20.7. The first-order chi connectivity index (χ1) is 13.3. The van der Waals surface area contributed by atoms with Gasteiger partial charge in [0.2, 0.25) is 0 Å². The van der Waals surface area contributed by atoms with Crippen LogP contribution in [0.3, 0.4) is 0 Å². The molecule has 0 spiro atoms. The van der Waals surface area contributed by atoms with E-state index in [9.17, 15) is 15.5 Å². The number of nitriles is 1. The number of likely N-dealkylation sites (N-methyl/N-ethyl adjacent to an activating group) is 1. The first-order valence-corrected chi connectivity index (χ1v) is 9.97. The Kier molecular flexibility index (Phi) is 7.48. The van der Waals surface area contributed by atoms with E-state index in [0.717, 1.165) is 43.5 Å². The van der Waals surface area contributed by atoms with Gasteiger partial charge in [0.25, 0.3) is 0 Å². The number of rotatable bonds is 9. The topological polar surface area (TPSA) is 67.5 Å². The van der Waals surface area contributed by atoms with Crippen molar-refractivity contribution < 1.29 is 10.2 Å². The van der Waals surface area contributed by atoms with E-state index in [1.807, 2.05) is 18.2 Å². The van der Waals surface area contributed by atoms with Crippen molar-refractivity contribution >= 4 is 0 Å². The van der Waals surface area contributed by atoms with Crippen molar-refractivity contribution in [2.45, 2.75) is 45.4 Å². The molecule has 0 aliphatic rings. The first kappa shape index (κ1) is 21.8. The van der Waals surface area contributed by atoms with Crippen molar-refractivity contribution in [3.63, 3.8) is 0 Å².